The summed E-state index contributed by atoms with van der Waals surface area (Å²) in [4.78, 5) is 54.6. The molecule has 0 spiro atoms. The smallest absolute Gasteiger partial charge is 0.408 e. The number of alkyl carbamates (subject to hydrolysis) is 1. The van der Waals surface area contributed by atoms with Crippen molar-refractivity contribution >= 4 is 29.5 Å². The predicted octanol–water partition coefficient (Wildman–Crippen LogP) is 5.14. The van der Waals surface area contributed by atoms with Gasteiger partial charge in [0.15, 0.2) is 0 Å². The monoisotopic (exact) mass is 576 g/mol. The van der Waals surface area contributed by atoms with E-state index >= 15 is 0 Å². The van der Waals surface area contributed by atoms with Crippen molar-refractivity contribution in [2.24, 2.45) is 5.73 Å². The molecule has 0 radical (unpaired) electrons. The van der Waals surface area contributed by atoms with Gasteiger partial charge in [-0.1, -0.05) is 68.5 Å². The number of amides is 4. The van der Waals surface area contributed by atoms with E-state index < -0.39 is 47.9 Å². The van der Waals surface area contributed by atoms with Crippen molar-refractivity contribution in [3.8, 4) is 12.3 Å². The molecular weight excluding hydrogens is 532 g/mol. The first kappa shape index (κ1) is 33.9. The van der Waals surface area contributed by atoms with Crippen LogP contribution in [0.25, 0.3) is 0 Å². The van der Waals surface area contributed by atoms with Crippen LogP contribution in [0, 0.1) is 26.2 Å². The number of anilines is 1. The minimum atomic E-state index is -1.36. The highest BCUT2D eigenvalue weighted by atomic mass is 16.6. The van der Waals surface area contributed by atoms with E-state index in [-0.39, 0.29) is 6.54 Å². The molecule has 9 heteroatoms. The Balaban J connectivity index is 2.65. The molecule has 4 N–H and O–H groups in total. The third-order valence-electron chi connectivity index (χ3n) is 6.63. The molecule has 2 unspecified atom stereocenters. The van der Waals surface area contributed by atoms with E-state index in [0.29, 0.717) is 23.2 Å². The molecule has 0 aliphatic rings. The summed E-state index contributed by atoms with van der Waals surface area (Å²) in [5.41, 5.74) is 7.88. The van der Waals surface area contributed by atoms with Gasteiger partial charge in [0.25, 0.3) is 5.91 Å². The van der Waals surface area contributed by atoms with E-state index in [9.17, 15) is 19.2 Å². The molecule has 226 valence electrons. The lowest BCUT2D eigenvalue weighted by molar-refractivity contribution is -0.142. The molecule has 0 aliphatic heterocycles. The average molecular weight is 577 g/mol. The third kappa shape index (κ3) is 9.95. The van der Waals surface area contributed by atoms with Crippen LogP contribution < -0.4 is 16.4 Å². The van der Waals surface area contributed by atoms with Gasteiger partial charge < -0.3 is 26.0 Å². The van der Waals surface area contributed by atoms with Crippen molar-refractivity contribution in [2.75, 3.05) is 11.9 Å². The number of hydrogen-bond donors (Lipinski definition) is 3. The molecule has 2 atom stereocenters. The summed E-state index contributed by atoms with van der Waals surface area (Å²) >= 11 is 0. The Kier molecular flexibility index (Phi) is 12.6. The van der Waals surface area contributed by atoms with E-state index in [4.69, 9.17) is 16.9 Å². The van der Waals surface area contributed by atoms with Crippen LogP contribution in [0.5, 0.6) is 0 Å². The molecule has 0 heterocycles. The maximum atomic E-state index is 14.3. The molecule has 4 amide bonds. The highest BCUT2D eigenvalue weighted by molar-refractivity contribution is 6.00. The lowest BCUT2D eigenvalue weighted by atomic mass is 9.96. The minimum absolute atomic E-state index is 0.174. The van der Waals surface area contributed by atoms with Gasteiger partial charge in [-0.3, -0.25) is 14.4 Å². The van der Waals surface area contributed by atoms with E-state index in [2.05, 4.69) is 23.5 Å². The van der Waals surface area contributed by atoms with Gasteiger partial charge in [-0.05, 0) is 63.8 Å². The first-order valence-corrected chi connectivity index (χ1v) is 14.3. The number of nitrogens with one attached hydrogen (secondary N) is 2. The minimum Gasteiger partial charge on any atom is -0.444 e. The third-order valence-corrected chi connectivity index (χ3v) is 6.63. The van der Waals surface area contributed by atoms with Crippen LogP contribution in [0.2, 0.25) is 0 Å². The van der Waals surface area contributed by atoms with Gasteiger partial charge in [0.05, 0.1) is 6.42 Å². The first-order chi connectivity index (χ1) is 19.8. The predicted molar refractivity (Wildman–Crippen MR) is 164 cm³/mol. The number of carbonyl (C=O) groups excluding carboxylic acids is 4. The molecular formula is C33H44N4O5. The van der Waals surface area contributed by atoms with Crippen molar-refractivity contribution in [3.05, 3.63) is 64.7 Å². The summed E-state index contributed by atoms with van der Waals surface area (Å²) in [7, 11) is 0. The lowest BCUT2D eigenvalue weighted by Gasteiger charge is -2.35. The Morgan fingerprint density at radius 1 is 1.00 bits per heavy atom. The van der Waals surface area contributed by atoms with Crippen molar-refractivity contribution in [2.45, 2.75) is 91.3 Å². The SMILES string of the molecule is C#Cc1ccccc1C(C(=O)Nc1c(C)cccc1C)N(CCCCCC)C(=O)C(CC(N)=O)NC(=O)OC(C)(C)C. The molecule has 2 aromatic rings. The highest BCUT2D eigenvalue weighted by Crippen LogP contribution is 2.29. The van der Waals surface area contributed by atoms with Crippen LogP contribution in [-0.4, -0.2) is 46.9 Å². The van der Waals surface area contributed by atoms with Crippen molar-refractivity contribution < 1.29 is 23.9 Å². The second-order valence-corrected chi connectivity index (χ2v) is 11.4. The maximum Gasteiger partial charge on any atom is 0.408 e. The van der Waals surface area contributed by atoms with Gasteiger partial charge in [-0.2, -0.15) is 0 Å². The second kappa shape index (κ2) is 15.6. The number of nitrogens with two attached hydrogens (primary N) is 1. The number of benzene rings is 2. The van der Waals surface area contributed by atoms with Crippen molar-refractivity contribution in [3.63, 3.8) is 0 Å². The second-order valence-electron chi connectivity index (χ2n) is 11.4. The Morgan fingerprint density at radius 3 is 2.21 bits per heavy atom. The number of nitrogens with zero attached hydrogens (tertiary/aromatic N) is 1. The maximum absolute atomic E-state index is 14.3. The van der Waals surface area contributed by atoms with Gasteiger partial charge in [-0.25, -0.2) is 4.79 Å². The molecule has 0 saturated carbocycles. The Bertz CT molecular complexity index is 1290. The lowest BCUT2D eigenvalue weighted by Crippen LogP contribution is -2.53. The molecule has 9 nitrogen and oxygen atoms in total. The van der Waals surface area contributed by atoms with Crippen LogP contribution in [0.3, 0.4) is 0 Å². The number of ether oxygens (including phenoxy) is 1. The normalized spacial score (nSPS) is 12.4. The van der Waals surface area contributed by atoms with Crippen LogP contribution in [0.4, 0.5) is 10.5 Å². The number of aryl methyl sites for hydroxylation is 2. The molecule has 42 heavy (non-hydrogen) atoms. The fourth-order valence-corrected chi connectivity index (χ4v) is 4.65. The number of terminal acetylenes is 1. The molecule has 0 saturated heterocycles. The Hall–Kier alpha value is -4.32. The van der Waals surface area contributed by atoms with Gasteiger partial charge in [0.2, 0.25) is 11.8 Å². The first-order valence-electron chi connectivity index (χ1n) is 14.3. The summed E-state index contributed by atoms with van der Waals surface area (Å²) in [6.45, 7) is 11.1. The molecule has 2 aromatic carbocycles. The van der Waals surface area contributed by atoms with E-state index in [0.717, 1.165) is 30.4 Å². The highest BCUT2D eigenvalue weighted by Gasteiger charge is 2.38. The van der Waals surface area contributed by atoms with Crippen LogP contribution in [0.1, 0.15) is 88.1 Å². The van der Waals surface area contributed by atoms with Gasteiger partial charge in [-0.15, -0.1) is 6.42 Å². The number of rotatable bonds is 13. The van der Waals surface area contributed by atoms with Gasteiger partial charge >= 0.3 is 6.09 Å². The number of hydrogen-bond acceptors (Lipinski definition) is 5. The zero-order chi connectivity index (χ0) is 31.4. The number of primary amides is 1. The summed E-state index contributed by atoms with van der Waals surface area (Å²) in [5, 5.41) is 5.52. The van der Waals surface area contributed by atoms with Gasteiger partial charge in [0.1, 0.15) is 17.7 Å². The Labute approximate surface area is 249 Å². The fraction of sp³-hybridized carbons (Fsp3) is 0.455. The number of carbonyl (C=O) groups is 4. The quantitative estimate of drug-likeness (QED) is 0.224. The van der Waals surface area contributed by atoms with Crippen molar-refractivity contribution in [1.82, 2.24) is 10.2 Å². The molecule has 0 bridgehead atoms. The fourth-order valence-electron chi connectivity index (χ4n) is 4.65. The van der Waals surface area contributed by atoms with Crippen LogP contribution >= 0.6 is 0 Å². The topological polar surface area (TPSA) is 131 Å². The summed E-state index contributed by atoms with van der Waals surface area (Å²) < 4.78 is 5.35. The van der Waals surface area contributed by atoms with E-state index in [1.54, 1.807) is 45.0 Å². The summed E-state index contributed by atoms with van der Waals surface area (Å²) in [6.07, 6.45) is 7.77. The largest absolute Gasteiger partial charge is 0.444 e. The molecule has 0 aromatic heterocycles. The standard InChI is InChI=1S/C33H44N4O5/c1-8-10-11-14-20-37(31(40)26(21-27(34)38)35-32(41)42-33(5,6)7)29(25-19-13-12-18-24(25)9-2)30(39)36-28-22(3)16-15-17-23(28)4/h2,12-13,15-19,26,29H,8,10-11,14,20-21H2,1,3-7H3,(H2,34,38)(H,35,41)(H,36,39). The van der Waals surface area contributed by atoms with E-state index in [1.807, 2.05) is 32.0 Å². The number of para-hydroxylation sites is 1. The molecule has 0 fully saturated rings. The van der Waals surface area contributed by atoms with E-state index in [1.165, 1.54) is 4.90 Å². The van der Waals surface area contributed by atoms with Crippen molar-refractivity contribution in [1.29, 1.82) is 0 Å². The molecule has 0 aliphatic carbocycles. The van der Waals surface area contributed by atoms with Gasteiger partial charge in [0, 0.05) is 17.8 Å². The number of unbranched alkanes of at least 4 members (excludes halogenated alkanes) is 3. The summed E-state index contributed by atoms with van der Waals surface area (Å²) in [5.74, 6) is 0.704. The Morgan fingerprint density at radius 2 is 1.64 bits per heavy atom. The van der Waals surface area contributed by atoms with Crippen LogP contribution in [-0.2, 0) is 19.1 Å². The molecule has 2 rings (SSSR count). The zero-order valence-electron chi connectivity index (χ0n) is 25.6. The zero-order valence-corrected chi connectivity index (χ0v) is 25.6. The average Bonchev–Trinajstić information content (AvgIpc) is 2.90. The summed E-state index contributed by atoms with van der Waals surface area (Å²) in [6, 6.07) is 10.0. The van der Waals surface area contributed by atoms with Crippen LogP contribution in [0.15, 0.2) is 42.5 Å².